The summed E-state index contributed by atoms with van der Waals surface area (Å²) in [5.41, 5.74) is -0.596. The van der Waals surface area contributed by atoms with Gasteiger partial charge in [0.15, 0.2) is 0 Å². The molecule has 0 radical (unpaired) electrons. The average molecular weight is 364 g/mol. The summed E-state index contributed by atoms with van der Waals surface area (Å²) in [5, 5.41) is 19.0. The topological polar surface area (TPSA) is 114 Å². The summed E-state index contributed by atoms with van der Waals surface area (Å²) in [6.07, 6.45) is -1.19. The van der Waals surface area contributed by atoms with E-state index in [0.717, 1.165) is 4.57 Å². The Hall–Kier alpha value is -2.33. The minimum Gasteiger partial charge on any atom is -0.423 e. The lowest BCUT2D eigenvalue weighted by atomic mass is 10.2. The molecule has 1 saturated heterocycles. The Balaban J connectivity index is 1.90. The Kier molecular flexibility index (Phi) is 5.09. The van der Waals surface area contributed by atoms with E-state index in [1.807, 2.05) is 0 Å². The number of aromatic amines is 1. The van der Waals surface area contributed by atoms with Crippen LogP contribution < -0.4 is 10.4 Å². The number of aliphatic hydroxyl groups is 2. The number of esters is 1. The highest BCUT2D eigenvalue weighted by Gasteiger charge is 2.35. The van der Waals surface area contributed by atoms with Gasteiger partial charge in [-0.2, -0.15) is 0 Å². The van der Waals surface area contributed by atoms with E-state index in [2.05, 4.69) is 4.98 Å². The van der Waals surface area contributed by atoms with Crippen molar-refractivity contribution in [1.29, 1.82) is 0 Å². The molecule has 1 aliphatic heterocycles. The van der Waals surface area contributed by atoms with E-state index >= 15 is 0 Å². The largest absolute Gasteiger partial charge is 0.423 e. The van der Waals surface area contributed by atoms with Crippen LogP contribution in [0.25, 0.3) is 0 Å². The third-order valence-electron chi connectivity index (χ3n) is 3.84. The predicted molar refractivity (Wildman–Crippen MR) is 88.9 cm³/mol. The number of nitrogens with one attached hydrogen (secondary N) is 1. The number of hydrogen-bond acceptors (Lipinski definition) is 7. The number of para-hydroxylation sites is 1. The van der Waals surface area contributed by atoms with Crippen molar-refractivity contribution in [2.45, 2.75) is 24.9 Å². The van der Waals surface area contributed by atoms with Crippen molar-refractivity contribution in [2.24, 2.45) is 0 Å². The highest BCUT2D eigenvalue weighted by atomic mass is 32.1. The normalized spacial score (nSPS) is 22.7. The lowest BCUT2D eigenvalue weighted by Crippen LogP contribution is -2.29. The van der Waals surface area contributed by atoms with Crippen LogP contribution in [0, 0.1) is 4.64 Å². The van der Waals surface area contributed by atoms with Crippen molar-refractivity contribution < 1.29 is 24.5 Å². The van der Waals surface area contributed by atoms with E-state index in [0.29, 0.717) is 5.75 Å². The molecule has 3 rings (SSSR count). The molecule has 0 bridgehead atoms. The first kappa shape index (κ1) is 17.5. The van der Waals surface area contributed by atoms with E-state index in [-0.39, 0.29) is 23.2 Å². The van der Waals surface area contributed by atoms with Gasteiger partial charge >= 0.3 is 11.7 Å². The Bertz CT molecular complexity index is 878. The van der Waals surface area contributed by atoms with E-state index in [1.165, 1.54) is 6.20 Å². The van der Waals surface area contributed by atoms with Gasteiger partial charge in [-0.3, -0.25) is 9.55 Å². The molecule has 0 aliphatic carbocycles. The summed E-state index contributed by atoms with van der Waals surface area (Å²) in [7, 11) is 0. The van der Waals surface area contributed by atoms with Crippen LogP contribution in [0.5, 0.6) is 5.75 Å². The molecule has 25 heavy (non-hydrogen) atoms. The number of aromatic nitrogens is 2. The van der Waals surface area contributed by atoms with Crippen LogP contribution in [0.15, 0.2) is 41.3 Å². The second-order valence-corrected chi connectivity index (χ2v) is 5.93. The van der Waals surface area contributed by atoms with Gasteiger partial charge in [-0.15, -0.1) is 0 Å². The van der Waals surface area contributed by atoms with Gasteiger partial charge in [-0.25, -0.2) is 9.59 Å². The Morgan fingerprint density at radius 2 is 2.12 bits per heavy atom. The standard InChI is InChI=1S/C16H16N2O6S/c19-8-12-11(20)6-13(24-12)18-7-10(14(25)17-16(18)22)15(21)23-9-4-2-1-3-5-9/h1-5,7,11-13,19-20H,6,8H2,(H,17,22,25)/t11-,12+,13-/m1/s1. The molecule has 3 atom stereocenters. The van der Waals surface area contributed by atoms with E-state index in [1.54, 1.807) is 30.3 Å². The molecule has 3 N–H and O–H groups in total. The molecule has 8 nitrogen and oxygen atoms in total. The summed E-state index contributed by atoms with van der Waals surface area (Å²) in [4.78, 5) is 26.9. The quantitative estimate of drug-likeness (QED) is 0.417. The number of carbonyl (C=O) groups is 1. The molecule has 2 heterocycles. The fourth-order valence-corrected chi connectivity index (χ4v) is 2.77. The van der Waals surface area contributed by atoms with Gasteiger partial charge in [0, 0.05) is 12.6 Å². The highest BCUT2D eigenvalue weighted by molar-refractivity contribution is 7.71. The maximum absolute atomic E-state index is 12.3. The molecule has 1 aromatic heterocycles. The number of nitrogens with zero attached hydrogens (tertiary/aromatic N) is 1. The van der Waals surface area contributed by atoms with Crippen LogP contribution >= 0.6 is 12.2 Å². The van der Waals surface area contributed by atoms with Crippen LogP contribution in [0.3, 0.4) is 0 Å². The van der Waals surface area contributed by atoms with Crippen LogP contribution in [0.4, 0.5) is 0 Å². The molecule has 0 unspecified atom stereocenters. The Labute approximate surface area is 147 Å². The number of ether oxygens (including phenoxy) is 2. The summed E-state index contributed by atoms with van der Waals surface area (Å²) < 4.78 is 11.7. The minimum absolute atomic E-state index is 0.0102. The van der Waals surface area contributed by atoms with Crippen molar-refractivity contribution in [1.82, 2.24) is 9.55 Å². The maximum atomic E-state index is 12.3. The monoisotopic (exact) mass is 364 g/mol. The molecule has 1 fully saturated rings. The van der Waals surface area contributed by atoms with Gasteiger partial charge < -0.3 is 19.7 Å². The summed E-state index contributed by atoms with van der Waals surface area (Å²) in [6, 6.07) is 8.44. The third kappa shape index (κ3) is 3.69. The molecular formula is C16H16N2O6S. The molecule has 9 heteroatoms. The van der Waals surface area contributed by atoms with Gasteiger partial charge in [0.2, 0.25) is 0 Å². The van der Waals surface area contributed by atoms with Crippen molar-refractivity contribution in [2.75, 3.05) is 6.61 Å². The Morgan fingerprint density at radius 1 is 1.40 bits per heavy atom. The fraction of sp³-hybridized carbons (Fsp3) is 0.312. The number of aliphatic hydroxyl groups excluding tert-OH is 2. The lowest BCUT2D eigenvalue weighted by Gasteiger charge is -2.15. The van der Waals surface area contributed by atoms with Gasteiger partial charge in [-0.1, -0.05) is 30.4 Å². The minimum atomic E-state index is -0.912. The third-order valence-corrected chi connectivity index (χ3v) is 4.16. The van der Waals surface area contributed by atoms with Gasteiger partial charge in [-0.05, 0) is 12.1 Å². The zero-order valence-electron chi connectivity index (χ0n) is 13.0. The smallest absolute Gasteiger partial charge is 0.348 e. The van der Waals surface area contributed by atoms with Gasteiger partial charge in [0.25, 0.3) is 0 Å². The summed E-state index contributed by atoms with van der Waals surface area (Å²) in [6.45, 7) is -0.377. The summed E-state index contributed by atoms with van der Waals surface area (Å²) in [5.74, 6) is -0.383. The van der Waals surface area contributed by atoms with Crippen LogP contribution in [0.2, 0.25) is 0 Å². The number of rotatable bonds is 4. The lowest BCUT2D eigenvalue weighted by molar-refractivity contribution is -0.0459. The number of carbonyl (C=O) groups excluding carboxylic acids is 1. The van der Waals surface area contributed by atoms with Gasteiger partial charge in [0.1, 0.15) is 28.3 Å². The molecule has 0 spiro atoms. The van der Waals surface area contributed by atoms with Crippen molar-refractivity contribution >= 4 is 18.2 Å². The first-order valence-electron chi connectivity index (χ1n) is 7.56. The van der Waals surface area contributed by atoms with Crippen molar-refractivity contribution in [3.05, 3.63) is 57.2 Å². The zero-order chi connectivity index (χ0) is 18.0. The molecular weight excluding hydrogens is 348 g/mol. The molecule has 1 aliphatic rings. The van der Waals surface area contributed by atoms with E-state index in [4.69, 9.17) is 26.8 Å². The van der Waals surface area contributed by atoms with E-state index < -0.39 is 30.1 Å². The Morgan fingerprint density at radius 3 is 2.76 bits per heavy atom. The van der Waals surface area contributed by atoms with Crippen LogP contribution in [0.1, 0.15) is 23.0 Å². The average Bonchev–Trinajstić information content (AvgIpc) is 2.96. The molecule has 0 saturated carbocycles. The molecule has 0 amide bonds. The molecule has 132 valence electrons. The van der Waals surface area contributed by atoms with E-state index in [9.17, 15) is 14.7 Å². The highest BCUT2D eigenvalue weighted by Crippen LogP contribution is 2.27. The summed E-state index contributed by atoms with van der Waals surface area (Å²) >= 11 is 5.04. The number of benzene rings is 1. The second-order valence-electron chi connectivity index (χ2n) is 5.53. The molecule has 2 aromatic rings. The zero-order valence-corrected chi connectivity index (χ0v) is 13.8. The number of H-pyrrole nitrogens is 1. The maximum Gasteiger partial charge on any atom is 0.348 e. The first-order valence-corrected chi connectivity index (χ1v) is 7.97. The first-order chi connectivity index (χ1) is 12.0. The van der Waals surface area contributed by atoms with Crippen molar-refractivity contribution in [3.8, 4) is 5.75 Å². The van der Waals surface area contributed by atoms with Gasteiger partial charge in [0.05, 0.1) is 12.7 Å². The number of hydrogen-bond donors (Lipinski definition) is 3. The second kappa shape index (κ2) is 7.28. The molecule has 1 aromatic carbocycles. The van der Waals surface area contributed by atoms with Crippen molar-refractivity contribution in [3.63, 3.8) is 0 Å². The SMILES string of the molecule is O=C(Oc1ccccc1)c1cn([C@H]2C[C@@H](O)[C@H](CO)O2)c(=O)[nH]c1=S. The van der Waals surface area contributed by atoms with Crippen LogP contribution in [-0.2, 0) is 4.74 Å². The predicted octanol–water partition coefficient (Wildman–Crippen LogP) is 0.766. The van der Waals surface area contributed by atoms with Crippen LogP contribution in [-0.4, -0.2) is 44.5 Å². The fourth-order valence-electron chi connectivity index (χ4n) is 2.55.